The molecule has 0 N–H and O–H groups in total. The summed E-state index contributed by atoms with van der Waals surface area (Å²) in [6, 6.07) is 0. The van der Waals surface area contributed by atoms with Gasteiger partial charge in [-0.2, -0.15) is 8.60 Å². The molecule has 0 rings (SSSR count). The molecule has 14 heavy (non-hydrogen) atoms. The number of rotatable bonds is 8. The van der Waals surface area contributed by atoms with Gasteiger partial charge in [-0.15, -0.1) is 0 Å². The van der Waals surface area contributed by atoms with Crippen molar-refractivity contribution in [3.05, 3.63) is 0 Å². The lowest BCUT2D eigenvalue weighted by Gasteiger charge is -2.39. The Morgan fingerprint density at radius 1 is 1.07 bits per heavy atom. The molecule has 0 atom stereocenters. The lowest BCUT2D eigenvalue weighted by atomic mass is 10.0. The highest BCUT2D eigenvalue weighted by Crippen LogP contribution is 2.29. The topological polar surface area (TPSA) is 55.3 Å². The molecule has 0 aliphatic rings. The van der Waals surface area contributed by atoms with Gasteiger partial charge in [0.15, 0.2) is 0 Å². The molecule has 0 aromatic heterocycles. The molecule has 0 saturated carbocycles. The number of hydrogen-bond donors (Lipinski definition) is 0. The number of hydrogen-bond acceptors (Lipinski definition) is 3. The molecule has 0 radical (unpaired) electrons. The predicted molar refractivity (Wildman–Crippen MR) is 55.5 cm³/mol. The molecular formula is C10H21O3P-2. The van der Waals surface area contributed by atoms with Gasteiger partial charge in [-0.3, -0.25) is 0 Å². The van der Waals surface area contributed by atoms with Gasteiger partial charge in [-0.1, -0.05) is 39.0 Å². The van der Waals surface area contributed by atoms with Crippen LogP contribution in [0.3, 0.4) is 0 Å². The standard InChI is InChI=1S/C10H21O3P/c1-4-5-6-7-8-9-10(2,3)13-14(11)12/h4-9H2,1-3H3/q-2. The van der Waals surface area contributed by atoms with Crippen LogP contribution in [-0.4, -0.2) is 5.60 Å². The Bertz CT molecular complexity index is 137. The molecule has 0 unspecified atom stereocenters. The van der Waals surface area contributed by atoms with E-state index >= 15 is 0 Å². The Hall–Kier alpha value is 0.310. The van der Waals surface area contributed by atoms with Crippen molar-refractivity contribution in [3.8, 4) is 0 Å². The molecule has 0 aromatic carbocycles. The van der Waals surface area contributed by atoms with Gasteiger partial charge in [-0.05, 0) is 20.3 Å². The fourth-order valence-corrected chi connectivity index (χ4v) is 1.90. The van der Waals surface area contributed by atoms with Crippen molar-refractivity contribution < 1.29 is 14.3 Å². The zero-order valence-electron chi connectivity index (χ0n) is 9.41. The predicted octanol–water partition coefficient (Wildman–Crippen LogP) is 2.09. The summed E-state index contributed by atoms with van der Waals surface area (Å²) in [5, 5.41) is 0. The Balaban J connectivity index is 3.45. The van der Waals surface area contributed by atoms with Gasteiger partial charge in [0.2, 0.25) is 0 Å². The van der Waals surface area contributed by atoms with Crippen LogP contribution in [-0.2, 0) is 4.52 Å². The summed E-state index contributed by atoms with van der Waals surface area (Å²) in [5.74, 6) is 0. The van der Waals surface area contributed by atoms with Crippen LogP contribution in [0.5, 0.6) is 0 Å². The minimum atomic E-state index is -2.72. The summed E-state index contributed by atoms with van der Waals surface area (Å²) < 4.78 is 4.80. The summed E-state index contributed by atoms with van der Waals surface area (Å²) in [6.45, 7) is 5.81. The molecular weight excluding hydrogens is 199 g/mol. The monoisotopic (exact) mass is 220 g/mol. The first-order valence-corrected chi connectivity index (χ1v) is 6.41. The molecule has 0 aliphatic carbocycles. The van der Waals surface area contributed by atoms with E-state index in [-0.39, 0.29) is 0 Å². The van der Waals surface area contributed by atoms with E-state index in [2.05, 4.69) is 6.92 Å². The summed E-state index contributed by atoms with van der Waals surface area (Å²) in [7, 11) is -2.72. The molecule has 0 amide bonds. The average molecular weight is 220 g/mol. The van der Waals surface area contributed by atoms with Crippen molar-refractivity contribution in [2.75, 3.05) is 0 Å². The first-order chi connectivity index (χ1) is 6.48. The molecule has 0 aliphatic heterocycles. The number of unbranched alkanes of at least 4 members (excludes halogenated alkanes) is 4. The Morgan fingerprint density at radius 2 is 1.64 bits per heavy atom. The van der Waals surface area contributed by atoms with Crippen molar-refractivity contribution in [1.29, 1.82) is 0 Å². The summed E-state index contributed by atoms with van der Waals surface area (Å²) in [5.41, 5.74) is -0.526. The highest BCUT2D eigenvalue weighted by Gasteiger charge is 2.16. The third-order valence-electron chi connectivity index (χ3n) is 2.20. The van der Waals surface area contributed by atoms with Crippen LogP contribution in [0.25, 0.3) is 0 Å². The maximum Gasteiger partial charge on any atom is 0.0636 e. The Labute approximate surface area is 88.5 Å². The molecule has 0 spiro atoms. The normalized spacial score (nSPS) is 12.4. The maximum atomic E-state index is 10.4. The Kier molecular flexibility index (Phi) is 7.75. The SMILES string of the molecule is CCCCCCCC(C)(C)OP([O-])[O-]. The third-order valence-corrected chi connectivity index (χ3v) is 2.85. The van der Waals surface area contributed by atoms with Gasteiger partial charge in [0.25, 0.3) is 0 Å². The highest BCUT2D eigenvalue weighted by atomic mass is 31.2. The van der Waals surface area contributed by atoms with Crippen molar-refractivity contribution >= 4 is 8.60 Å². The highest BCUT2D eigenvalue weighted by molar-refractivity contribution is 7.36. The van der Waals surface area contributed by atoms with Gasteiger partial charge in [0.05, 0.1) is 5.60 Å². The van der Waals surface area contributed by atoms with Gasteiger partial charge in [0.1, 0.15) is 0 Å². The largest absolute Gasteiger partial charge is 0.820 e. The minimum Gasteiger partial charge on any atom is -0.820 e. The zero-order valence-corrected chi connectivity index (χ0v) is 10.3. The van der Waals surface area contributed by atoms with E-state index in [1.807, 2.05) is 13.8 Å². The molecule has 0 bridgehead atoms. The van der Waals surface area contributed by atoms with Gasteiger partial charge >= 0.3 is 0 Å². The van der Waals surface area contributed by atoms with Crippen LogP contribution < -0.4 is 9.79 Å². The molecule has 0 fully saturated rings. The fraction of sp³-hybridized carbons (Fsp3) is 1.00. The second-order valence-electron chi connectivity index (χ2n) is 4.24. The summed E-state index contributed by atoms with van der Waals surface area (Å²) >= 11 is 0. The van der Waals surface area contributed by atoms with Crippen molar-refractivity contribution in [2.45, 2.75) is 64.9 Å². The van der Waals surface area contributed by atoms with E-state index < -0.39 is 14.2 Å². The van der Waals surface area contributed by atoms with E-state index in [0.29, 0.717) is 0 Å². The molecule has 3 nitrogen and oxygen atoms in total. The van der Waals surface area contributed by atoms with Gasteiger partial charge in [-0.25, -0.2) is 0 Å². The van der Waals surface area contributed by atoms with E-state index in [0.717, 1.165) is 19.3 Å². The third kappa shape index (κ3) is 8.89. The molecule has 0 heterocycles. The quantitative estimate of drug-likeness (QED) is 0.465. The van der Waals surface area contributed by atoms with Crippen LogP contribution >= 0.6 is 8.60 Å². The summed E-state index contributed by atoms with van der Waals surface area (Å²) in [6.07, 6.45) is 6.73. The molecule has 86 valence electrons. The second kappa shape index (κ2) is 7.58. The molecule has 0 aromatic rings. The first-order valence-electron chi connectivity index (χ1n) is 5.31. The van der Waals surface area contributed by atoms with Crippen molar-refractivity contribution in [1.82, 2.24) is 0 Å². The average Bonchev–Trinajstić information content (AvgIpc) is 2.01. The van der Waals surface area contributed by atoms with Crippen LogP contribution in [0.1, 0.15) is 59.3 Å². The van der Waals surface area contributed by atoms with E-state index in [1.165, 1.54) is 19.3 Å². The van der Waals surface area contributed by atoms with Crippen molar-refractivity contribution in [2.24, 2.45) is 0 Å². The fourth-order valence-electron chi connectivity index (χ4n) is 1.40. The zero-order chi connectivity index (χ0) is 11.0. The van der Waals surface area contributed by atoms with Crippen LogP contribution in [0, 0.1) is 0 Å². The summed E-state index contributed by atoms with van der Waals surface area (Å²) in [4.78, 5) is 20.7. The maximum absolute atomic E-state index is 10.4. The van der Waals surface area contributed by atoms with E-state index in [9.17, 15) is 9.79 Å². The van der Waals surface area contributed by atoms with Gasteiger partial charge < -0.3 is 14.3 Å². The smallest absolute Gasteiger partial charge is 0.0636 e. The van der Waals surface area contributed by atoms with E-state index in [4.69, 9.17) is 4.52 Å². The van der Waals surface area contributed by atoms with Crippen LogP contribution in [0.15, 0.2) is 0 Å². The first kappa shape index (κ1) is 14.3. The molecule has 0 saturated heterocycles. The van der Waals surface area contributed by atoms with Crippen molar-refractivity contribution in [3.63, 3.8) is 0 Å². The van der Waals surface area contributed by atoms with Crippen LogP contribution in [0.4, 0.5) is 0 Å². The molecule has 4 heteroatoms. The van der Waals surface area contributed by atoms with E-state index in [1.54, 1.807) is 0 Å². The minimum absolute atomic E-state index is 0.526. The van der Waals surface area contributed by atoms with Gasteiger partial charge in [0, 0.05) is 0 Å². The lowest BCUT2D eigenvalue weighted by Crippen LogP contribution is -2.27. The lowest BCUT2D eigenvalue weighted by molar-refractivity contribution is -0.325. The van der Waals surface area contributed by atoms with Crippen LogP contribution in [0.2, 0.25) is 0 Å². The second-order valence-corrected chi connectivity index (χ2v) is 4.87. The Morgan fingerprint density at radius 3 is 2.14 bits per heavy atom.